The van der Waals surface area contributed by atoms with Gasteiger partial charge >= 0.3 is 5.97 Å². The second kappa shape index (κ2) is 7.59. The lowest BCUT2D eigenvalue weighted by Crippen LogP contribution is -2.20. The van der Waals surface area contributed by atoms with E-state index < -0.39 is 18.5 Å². The molecule has 6 nitrogen and oxygen atoms in total. The van der Waals surface area contributed by atoms with Crippen molar-refractivity contribution in [2.75, 3.05) is 17.7 Å². The van der Waals surface area contributed by atoms with Gasteiger partial charge in [0.15, 0.2) is 11.7 Å². The Balaban J connectivity index is 1.55. The summed E-state index contributed by atoms with van der Waals surface area (Å²) in [7, 11) is 0. The number of nitrogen functional groups attached to an aromatic ring is 1. The average molecular weight is 353 g/mol. The van der Waals surface area contributed by atoms with Crippen molar-refractivity contribution in [3.8, 4) is 11.3 Å². The molecule has 1 amide bonds. The van der Waals surface area contributed by atoms with Gasteiger partial charge in [-0.15, -0.1) is 11.3 Å². The minimum absolute atomic E-state index is 0.299. The van der Waals surface area contributed by atoms with Gasteiger partial charge in [0, 0.05) is 16.6 Å². The van der Waals surface area contributed by atoms with Crippen LogP contribution in [0.25, 0.3) is 11.3 Å². The molecule has 1 aromatic heterocycles. The first-order valence-electron chi connectivity index (χ1n) is 7.45. The van der Waals surface area contributed by atoms with Gasteiger partial charge in [-0.2, -0.15) is 0 Å². The maximum atomic E-state index is 11.9. The number of amides is 1. The van der Waals surface area contributed by atoms with Crippen LogP contribution < -0.4 is 11.1 Å². The quantitative estimate of drug-likeness (QED) is 0.543. The molecule has 0 unspecified atom stereocenters. The Morgan fingerprint density at radius 2 is 1.92 bits per heavy atom. The van der Waals surface area contributed by atoms with E-state index in [9.17, 15) is 9.59 Å². The lowest BCUT2D eigenvalue weighted by atomic mass is 10.2. The number of benzene rings is 2. The normalized spacial score (nSPS) is 10.2. The summed E-state index contributed by atoms with van der Waals surface area (Å²) >= 11 is 1.31. The molecule has 0 aliphatic heterocycles. The number of thiazole rings is 1. The average Bonchev–Trinajstić information content (AvgIpc) is 3.09. The van der Waals surface area contributed by atoms with E-state index in [1.807, 2.05) is 35.7 Å². The number of aromatic nitrogens is 1. The van der Waals surface area contributed by atoms with Gasteiger partial charge in [-0.1, -0.05) is 36.4 Å². The van der Waals surface area contributed by atoms with E-state index in [-0.39, 0.29) is 0 Å². The number of ether oxygens (including phenoxy) is 1. The van der Waals surface area contributed by atoms with Crippen LogP contribution in [0.1, 0.15) is 10.4 Å². The summed E-state index contributed by atoms with van der Waals surface area (Å²) in [6.07, 6.45) is 0. The van der Waals surface area contributed by atoms with Crippen LogP contribution in [0.4, 0.5) is 10.8 Å². The Morgan fingerprint density at radius 3 is 2.68 bits per heavy atom. The molecule has 0 saturated carbocycles. The Morgan fingerprint density at radius 1 is 1.12 bits per heavy atom. The van der Waals surface area contributed by atoms with Crippen LogP contribution in [0.3, 0.4) is 0 Å². The van der Waals surface area contributed by atoms with Crippen LogP contribution in [0, 0.1) is 0 Å². The highest BCUT2D eigenvalue weighted by atomic mass is 32.1. The zero-order valence-electron chi connectivity index (χ0n) is 13.1. The summed E-state index contributed by atoms with van der Waals surface area (Å²) in [5, 5.41) is 4.92. The fourth-order valence-electron chi connectivity index (χ4n) is 2.11. The molecule has 0 aliphatic rings. The number of rotatable bonds is 5. The number of anilines is 2. The first kappa shape index (κ1) is 16.7. The zero-order chi connectivity index (χ0) is 17.6. The third kappa shape index (κ3) is 4.42. The van der Waals surface area contributed by atoms with Gasteiger partial charge in [0.25, 0.3) is 5.91 Å². The predicted molar refractivity (Wildman–Crippen MR) is 97.3 cm³/mol. The molecule has 2 aromatic carbocycles. The topological polar surface area (TPSA) is 94.3 Å². The van der Waals surface area contributed by atoms with Gasteiger partial charge in [-0.3, -0.25) is 10.1 Å². The van der Waals surface area contributed by atoms with Crippen LogP contribution in [0.2, 0.25) is 0 Å². The van der Waals surface area contributed by atoms with Gasteiger partial charge in [-0.05, 0) is 18.2 Å². The third-order valence-corrected chi connectivity index (χ3v) is 4.03. The number of carbonyl (C=O) groups excluding carboxylic acids is 2. The molecule has 7 heteroatoms. The van der Waals surface area contributed by atoms with Crippen molar-refractivity contribution in [2.45, 2.75) is 0 Å². The highest BCUT2D eigenvalue weighted by Gasteiger charge is 2.12. The standard InChI is InChI=1S/C18H15N3O3S/c19-14-8-4-7-13(9-14)17(23)24-10-16(22)21-18-20-15(11-25-18)12-5-2-1-3-6-12/h1-9,11H,10,19H2,(H,20,21,22). The molecule has 0 spiro atoms. The second-order valence-electron chi connectivity index (χ2n) is 5.15. The lowest BCUT2D eigenvalue weighted by molar-refractivity contribution is -0.119. The molecule has 0 fully saturated rings. The summed E-state index contributed by atoms with van der Waals surface area (Å²) < 4.78 is 4.98. The van der Waals surface area contributed by atoms with Crippen LogP contribution in [-0.2, 0) is 9.53 Å². The molecule has 25 heavy (non-hydrogen) atoms. The van der Waals surface area contributed by atoms with Gasteiger partial charge in [-0.25, -0.2) is 9.78 Å². The molecule has 0 bridgehead atoms. The molecular formula is C18H15N3O3S. The highest BCUT2D eigenvalue weighted by molar-refractivity contribution is 7.14. The number of nitrogens with one attached hydrogen (secondary N) is 1. The number of esters is 1. The Kier molecular flexibility index (Phi) is 5.06. The number of carbonyl (C=O) groups is 2. The fourth-order valence-corrected chi connectivity index (χ4v) is 2.84. The van der Waals surface area contributed by atoms with Gasteiger partial charge < -0.3 is 10.5 Å². The van der Waals surface area contributed by atoms with Crippen molar-refractivity contribution in [3.05, 3.63) is 65.5 Å². The predicted octanol–water partition coefficient (Wildman–Crippen LogP) is 3.19. The monoisotopic (exact) mass is 353 g/mol. The van der Waals surface area contributed by atoms with Crippen molar-refractivity contribution < 1.29 is 14.3 Å². The summed E-state index contributed by atoms with van der Waals surface area (Å²) in [4.78, 5) is 28.1. The first-order chi connectivity index (χ1) is 12.1. The summed E-state index contributed by atoms with van der Waals surface area (Å²) in [6.45, 7) is -0.395. The van der Waals surface area contributed by atoms with Gasteiger partial charge in [0.05, 0.1) is 11.3 Å². The number of hydrogen-bond acceptors (Lipinski definition) is 6. The van der Waals surface area contributed by atoms with Crippen LogP contribution >= 0.6 is 11.3 Å². The maximum absolute atomic E-state index is 11.9. The molecule has 3 aromatic rings. The molecule has 1 heterocycles. The van der Waals surface area contributed by atoms with Crippen molar-refractivity contribution in [2.24, 2.45) is 0 Å². The Bertz CT molecular complexity index is 893. The van der Waals surface area contributed by atoms with E-state index >= 15 is 0 Å². The lowest BCUT2D eigenvalue weighted by Gasteiger charge is -2.05. The Hall–Kier alpha value is -3.19. The van der Waals surface area contributed by atoms with Crippen molar-refractivity contribution in [1.29, 1.82) is 0 Å². The van der Waals surface area contributed by atoms with Crippen molar-refractivity contribution in [3.63, 3.8) is 0 Å². The molecular weight excluding hydrogens is 338 g/mol. The Labute approximate surface area is 148 Å². The summed E-state index contributed by atoms with van der Waals surface area (Å²) in [5.41, 5.74) is 8.10. The zero-order valence-corrected chi connectivity index (χ0v) is 14.0. The molecule has 3 rings (SSSR count). The second-order valence-corrected chi connectivity index (χ2v) is 6.01. The fraction of sp³-hybridized carbons (Fsp3) is 0.0556. The number of nitrogens with zero attached hydrogens (tertiary/aromatic N) is 1. The van der Waals surface area contributed by atoms with E-state index in [4.69, 9.17) is 10.5 Å². The molecule has 126 valence electrons. The van der Waals surface area contributed by atoms with E-state index in [2.05, 4.69) is 10.3 Å². The minimum atomic E-state index is -0.605. The third-order valence-electron chi connectivity index (χ3n) is 3.28. The maximum Gasteiger partial charge on any atom is 0.338 e. The van der Waals surface area contributed by atoms with E-state index in [1.165, 1.54) is 17.4 Å². The molecule has 0 saturated heterocycles. The van der Waals surface area contributed by atoms with E-state index in [1.54, 1.807) is 18.2 Å². The van der Waals surface area contributed by atoms with Crippen molar-refractivity contribution >= 4 is 34.0 Å². The molecule has 0 atom stereocenters. The number of nitrogens with two attached hydrogens (primary N) is 1. The molecule has 3 N–H and O–H groups in total. The van der Waals surface area contributed by atoms with Gasteiger partial charge in [0.1, 0.15) is 0 Å². The van der Waals surface area contributed by atoms with Crippen LogP contribution in [0.15, 0.2) is 60.0 Å². The van der Waals surface area contributed by atoms with Crippen LogP contribution in [-0.4, -0.2) is 23.5 Å². The van der Waals surface area contributed by atoms with Gasteiger partial charge in [0.2, 0.25) is 0 Å². The smallest absolute Gasteiger partial charge is 0.338 e. The minimum Gasteiger partial charge on any atom is -0.452 e. The summed E-state index contributed by atoms with van der Waals surface area (Å²) in [6, 6.07) is 16.0. The van der Waals surface area contributed by atoms with E-state index in [0.717, 1.165) is 11.3 Å². The first-order valence-corrected chi connectivity index (χ1v) is 8.33. The largest absolute Gasteiger partial charge is 0.452 e. The summed E-state index contributed by atoms with van der Waals surface area (Å²) in [5.74, 6) is -1.06. The molecule has 0 aliphatic carbocycles. The molecule has 0 radical (unpaired) electrons. The number of hydrogen-bond donors (Lipinski definition) is 2. The van der Waals surface area contributed by atoms with Crippen LogP contribution in [0.5, 0.6) is 0 Å². The van der Waals surface area contributed by atoms with E-state index in [0.29, 0.717) is 16.4 Å². The highest BCUT2D eigenvalue weighted by Crippen LogP contribution is 2.24. The SMILES string of the molecule is Nc1cccc(C(=O)OCC(=O)Nc2nc(-c3ccccc3)cs2)c1. The van der Waals surface area contributed by atoms with Crippen molar-refractivity contribution in [1.82, 2.24) is 4.98 Å².